The second kappa shape index (κ2) is 8.15. The standard InChI is InChI=1S/C27H25NO4/c29-25(27(19-8-2-1-3-9-19)14-16-28(17-15-27)26(30)31)32-18-24-22-12-6-4-10-20(22)21-11-5-7-13-23(21)24/h1-13,24H,14-18H2,(H,30,31). The zero-order valence-electron chi connectivity index (χ0n) is 17.7. The minimum absolute atomic E-state index is 0.00159. The highest BCUT2D eigenvalue weighted by Crippen LogP contribution is 2.45. The molecule has 0 atom stereocenters. The Bertz CT molecular complexity index is 1100. The molecule has 1 fully saturated rings. The predicted octanol–water partition coefficient (Wildman–Crippen LogP) is 5.05. The smallest absolute Gasteiger partial charge is 0.407 e. The van der Waals surface area contributed by atoms with Crippen molar-refractivity contribution in [1.82, 2.24) is 4.90 Å². The number of nitrogens with zero attached hydrogens (tertiary/aromatic N) is 1. The molecular weight excluding hydrogens is 402 g/mol. The zero-order chi connectivity index (χ0) is 22.1. The Morgan fingerprint density at radius 3 is 1.94 bits per heavy atom. The first kappa shape index (κ1) is 20.3. The summed E-state index contributed by atoms with van der Waals surface area (Å²) >= 11 is 0. The van der Waals surface area contributed by atoms with Crippen molar-refractivity contribution < 1.29 is 19.4 Å². The van der Waals surface area contributed by atoms with Gasteiger partial charge >= 0.3 is 12.1 Å². The minimum Gasteiger partial charge on any atom is -0.465 e. The van der Waals surface area contributed by atoms with E-state index in [0.29, 0.717) is 25.9 Å². The van der Waals surface area contributed by atoms with Crippen molar-refractivity contribution in [2.45, 2.75) is 24.2 Å². The van der Waals surface area contributed by atoms with E-state index in [1.165, 1.54) is 27.2 Å². The Balaban J connectivity index is 1.41. The number of esters is 1. The van der Waals surface area contributed by atoms with Crippen LogP contribution in [0.25, 0.3) is 11.1 Å². The number of carbonyl (C=O) groups is 2. The van der Waals surface area contributed by atoms with Crippen LogP contribution in [0, 0.1) is 0 Å². The fourth-order valence-corrected chi connectivity index (χ4v) is 5.18. The molecule has 5 rings (SSSR count). The second-order valence-corrected chi connectivity index (χ2v) is 8.54. The van der Waals surface area contributed by atoms with Gasteiger partial charge in [-0.1, -0.05) is 78.9 Å². The van der Waals surface area contributed by atoms with Crippen LogP contribution in [0.5, 0.6) is 0 Å². The number of likely N-dealkylation sites (tertiary alicyclic amines) is 1. The van der Waals surface area contributed by atoms with Crippen molar-refractivity contribution in [1.29, 1.82) is 0 Å². The zero-order valence-corrected chi connectivity index (χ0v) is 17.7. The maximum atomic E-state index is 13.6. The summed E-state index contributed by atoms with van der Waals surface area (Å²) in [4.78, 5) is 26.4. The summed E-state index contributed by atoms with van der Waals surface area (Å²) in [5, 5.41) is 9.36. The quantitative estimate of drug-likeness (QED) is 0.592. The Morgan fingerprint density at radius 2 is 1.38 bits per heavy atom. The molecule has 1 N–H and O–H groups in total. The molecule has 2 aliphatic rings. The summed E-state index contributed by atoms with van der Waals surface area (Å²) in [6.07, 6.45) is -0.112. The highest BCUT2D eigenvalue weighted by Gasteiger charge is 2.45. The minimum atomic E-state index is -0.945. The lowest BCUT2D eigenvalue weighted by molar-refractivity contribution is -0.153. The van der Waals surface area contributed by atoms with Crippen LogP contribution in [0.2, 0.25) is 0 Å². The molecule has 0 unspecified atom stereocenters. The van der Waals surface area contributed by atoms with Gasteiger partial charge in [-0.15, -0.1) is 0 Å². The van der Waals surface area contributed by atoms with E-state index in [-0.39, 0.29) is 18.5 Å². The molecule has 1 saturated heterocycles. The average Bonchev–Trinajstić information content (AvgIpc) is 3.17. The lowest BCUT2D eigenvalue weighted by Crippen LogP contribution is -2.49. The SMILES string of the molecule is O=C(O)N1CCC(C(=O)OCC2c3ccccc3-c3ccccc32)(c2ccccc2)CC1. The Labute approximate surface area is 187 Å². The van der Waals surface area contributed by atoms with Gasteiger partial charge < -0.3 is 14.7 Å². The molecule has 1 aliphatic carbocycles. The summed E-state index contributed by atoms with van der Waals surface area (Å²) in [7, 11) is 0. The third-order valence-corrected chi connectivity index (χ3v) is 6.95. The molecule has 1 heterocycles. The third kappa shape index (κ3) is 3.34. The highest BCUT2D eigenvalue weighted by atomic mass is 16.5. The van der Waals surface area contributed by atoms with E-state index in [4.69, 9.17) is 4.74 Å². The number of amides is 1. The molecule has 0 bridgehead atoms. The predicted molar refractivity (Wildman–Crippen MR) is 122 cm³/mol. The van der Waals surface area contributed by atoms with E-state index in [0.717, 1.165) is 5.56 Å². The average molecular weight is 428 g/mol. The summed E-state index contributed by atoms with van der Waals surface area (Å²) in [6.45, 7) is 0.896. The number of carbonyl (C=O) groups excluding carboxylic acids is 1. The van der Waals surface area contributed by atoms with E-state index in [2.05, 4.69) is 24.3 Å². The van der Waals surface area contributed by atoms with Gasteiger partial charge in [0.05, 0.1) is 5.41 Å². The van der Waals surface area contributed by atoms with Gasteiger partial charge in [0.2, 0.25) is 0 Å². The number of hydrogen-bond donors (Lipinski definition) is 1. The largest absolute Gasteiger partial charge is 0.465 e. The number of benzene rings is 3. The first-order valence-corrected chi connectivity index (χ1v) is 11.0. The maximum absolute atomic E-state index is 13.6. The number of ether oxygens (including phenoxy) is 1. The van der Waals surface area contributed by atoms with Crippen molar-refractivity contribution in [3.05, 3.63) is 95.6 Å². The van der Waals surface area contributed by atoms with E-state index in [1.807, 2.05) is 54.6 Å². The van der Waals surface area contributed by atoms with Crippen molar-refractivity contribution in [3.63, 3.8) is 0 Å². The number of hydrogen-bond acceptors (Lipinski definition) is 3. The van der Waals surface area contributed by atoms with E-state index in [9.17, 15) is 14.7 Å². The van der Waals surface area contributed by atoms with Gasteiger partial charge in [0.15, 0.2) is 0 Å². The Morgan fingerprint density at radius 1 is 0.844 bits per heavy atom. The monoisotopic (exact) mass is 427 g/mol. The fourth-order valence-electron chi connectivity index (χ4n) is 5.18. The first-order valence-electron chi connectivity index (χ1n) is 11.0. The van der Waals surface area contributed by atoms with Crippen molar-refractivity contribution in [2.24, 2.45) is 0 Å². The summed E-state index contributed by atoms with van der Waals surface area (Å²) in [6, 6.07) is 26.2. The van der Waals surface area contributed by atoms with Crippen LogP contribution in [0.3, 0.4) is 0 Å². The van der Waals surface area contributed by atoms with Gasteiger partial charge in [-0.25, -0.2) is 4.79 Å². The number of carboxylic acid groups (broad SMARTS) is 1. The van der Waals surface area contributed by atoms with E-state index in [1.54, 1.807) is 0 Å². The summed E-state index contributed by atoms with van der Waals surface area (Å²) < 4.78 is 6.03. The van der Waals surface area contributed by atoms with Crippen molar-refractivity contribution in [3.8, 4) is 11.1 Å². The Kier molecular flexibility index (Phi) is 5.17. The number of fused-ring (bicyclic) bond motifs is 3. The molecular formula is C27H25NO4. The molecule has 162 valence electrons. The van der Waals surface area contributed by atoms with Gasteiger partial charge in [-0.05, 0) is 40.7 Å². The third-order valence-electron chi connectivity index (χ3n) is 6.95. The number of piperidine rings is 1. The topological polar surface area (TPSA) is 66.8 Å². The maximum Gasteiger partial charge on any atom is 0.407 e. The molecule has 5 heteroatoms. The first-order chi connectivity index (χ1) is 15.6. The molecule has 0 aromatic heterocycles. The fraction of sp³-hybridized carbons (Fsp3) is 0.259. The van der Waals surface area contributed by atoms with Crippen LogP contribution in [-0.4, -0.2) is 41.8 Å². The lowest BCUT2D eigenvalue weighted by atomic mass is 9.72. The molecule has 0 saturated carbocycles. The molecule has 3 aromatic rings. The van der Waals surface area contributed by atoms with Gasteiger partial charge in [0.25, 0.3) is 0 Å². The lowest BCUT2D eigenvalue weighted by Gasteiger charge is -2.39. The second-order valence-electron chi connectivity index (χ2n) is 8.54. The van der Waals surface area contributed by atoms with Crippen LogP contribution in [0.15, 0.2) is 78.9 Å². The van der Waals surface area contributed by atoms with Gasteiger partial charge in [-0.3, -0.25) is 4.79 Å². The molecule has 3 aromatic carbocycles. The van der Waals surface area contributed by atoms with Crippen LogP contribution in [-0.2, 0) is 14.9 Å². The molecule has 0 spiro atoms. The van der Waals surface area contributed by atoms with Gasteiger partial charge in [0.1, 0.15) is 6.61 Å². The normalized spacial score (nSPS) is 16.8. The van der Waals surface area contributed by atoms with Gasteiger partial charge in [-0.2, -0.15) is 0 Å². The Hall–Kier alpha value is -3.60. The van der Waals surface area contributed by atoms with Crippen LogP contribution in [0.4, 0.5) is 4.79 Å². The molecule has 1 amide bonds. The van der Waals surface area contributed by atoms with Crippen LogP contribution >= 0.6 is 0 Å². The molecule has 1 aliphatic heterocycles. The summed E-state index contributed by atoms with van der Waals surface area (Å²) in [5.41, 5.74) is 4.80. The van der Waals surface area contributed by atoms with Crippen LogP contribution in [0.1, 0.15) is 35.4 Å². The summed E-state index contributed by atoms with van der Waals surface area (Å²) in [5.74, 6) is -0.270. The van der Waals surface area contributed by atoms with Crippen molar-refractivity contribution >= 4 is 12.1 Å². The molecule has 5 nitrogen and oxygen atoms in total. The van der Waals surface area contributed by atoms with E-state index >= 15 is 0 Å². The van der Waals surface area contributed by atoms with Crippen molar-refractivity contribution in [2.75, 3.05) is 19.7 Å². The van der Waals surface area contributed by atoms with E-state index < -0.39 is 11.5 Å². The van der Waals surface area contributed by atoms with Gasteiger partial charge in [0, 0.05) is 19.0 Å². The molecule has 32 heavy (non-hydrogen) atoms. The number of rotatable bonds is 4. The highest BCUT2D eigenvalue weighted by molar-refractivity contribution is 5.84. The molecule has 0 radical (unpaired) electrons. The van der Waals surface area contributed by atoms with Crippen LogP contribution < -0.4 is 0 Å².